The van der Waals surface area contributed by atoms with E-state index in [-0.39, 0.29) is 11.9 Å². The zero-order valence-electron chi connectivity index (χ0n) is 11.1. The number of nitrogens with zero attached hydrogens (tertiary/aromatic N) is 1. The Hall–Kier alpha value is -1.07. The fourth-order valence-electron chi connectivity index (χ4n) is 2.59. The highest BCUT2D eigenvalue weighted by Gasteiger charge is 2.27. The van der Waals surface area contributed by atoms with Crippen LogP contribution in [0.25, 0.3) is 0 Å². The van der Waals surface area contributed by atoms with Crippen molar-refractivity contribution in [2.45, 2.75) is 31.8 Å². The summed E-state index contributed by atoms with van der Waals surface area (Å²) >= 11 is 3.47. The van der Waals surface area contributed by atoms with Crippen LogP contribution in [0.3, 0.4) is 0 Å². The van der Waals surface area contributed by atoms with Crippen LogP contribution < -0.4 is 10.5 Å². The molecule has 2 N–H and O–H groups in total. The summed E-state index contributed by atoms with van der Waals surface area (Å²) < 4.78 is 6.38. The van der Waals surface area contributed by atoms with Crippen molar-refractivity contribution in [3.8, 4) is 5.75 Å². The Morgan fingerprint density at radius 3 is 3.00 bits per heavy atom. The quantitative estimate of drug-likeness (QED) is 0.923. The molecule has 1 aromatic rings. The highest BCUT2D eigenvalue weighted by atomic mass is 79.9. The Bertz CT molecular complexity index is 465. The van der Waals surface area contributed by atoms with E-state index in [1.165, 1.54) is 0 Å². The standard InChI is InChI=1S/C14H19BrN2O2/c1-19-13-6-5-11(15)8-10(13)9-17-7-3-2-4-12(17)14(16)18/h5-6,8,12H,2-4,7,9H2,1H3,(H2,16,18). The number of benzene rings is 1. The van der Waals surface area contributed by atoms with Gasteiger partial charge in [0.1, 0.15) is 5.75 Å². The summed E-state index contributed by atoms with van der Waals surface area (Å²) in [6, 6.07) is 5.76. The van der Waals surface area contributed by atoms with Gasteiger partial charge in [0.05, 0.1) is 13.2 Å². The molecule has 4 nitrogen and oxygen atoms in total. The lowest BCUT2D eigenvalue weighted by atomic mass is 10.0. The van der Waals surface area contributed by atoms with Crippen LogP contribution in [0.4, 0.5) is 0 Å². The van der Waals surface area contributed by atoms with Crippen LogP contribution in [0.2, 0.25) is 0 Å². The lowest BCUT2D eigenvalue weighted by Crippen LogP contribution is -2.47. The Morgan fingerprint density at radius 1 is 1.53 bits per heavy atom. The molecule has 1 amide bonds. The number of amides is 1. The van der Waals surface area contributed by atoms with Crippen molar-refractivity contribution in [2.24, 2.45) is 5.73 Å². The summed E-state index contributed by atoms with van der Waals surface area (Å²) in [7, 11) is 1.66. The first-order valence-electron chi connectivity index (χ1n) is 6.47. The van der Waals surface area contributed by atoms with Crippen LogP contribution in [0.15, 0.2) is 22.7 Å². The molecule has 1 aromatic carbocycles. The second kappa shape index (κ2) is 6.39. The van der Waals surface area contributed by atoms with Gasteiger partial charge < -0.3 is 10.5 Å². The number of hydrogen-bond donors (Lipinski definition) is 1. The highest BCUT2D eigenvalue weighted by molar-refractivity contribution is 9.10. The Morgan fingerprint density at radius 2 is 2.32 bits per heavy atom. The van der Waals surface area contributed by atoms with E-state index in [1.807, 2.05) is 18.2 Å². The molecule has 1 heterocycles. The van der Waals surface area contributed by atoms with Gasteiger partial charge in [-0.1, -0.05) is 22.4 Å². The number of likely N-dealkylation sites (tertiary alicyclic amines) is 1. The van der Waals surface area contributed by atoms with Crippen molar-refractivity contribution >= 4 is 21.8 Å². The minimum Gasteiger partial charge on any atom is -0.496 e. The van der Waals surface area contributed by atoms with Gasteiger partial charge in [0, 0.05) is 16.6 Å². The van der Waals surface area contributed by atoms with Crippen molar-refractivity contribution in [1.82, 2.24) is 4.90 Å². The summed E-state index contributed by atoms with van der Waals surface area (Å²) in [5, 5.41) is 0. The maximum absolute atomic E-state index is 11.5. The fourth-order valence-corrected chi connectivity index (χ4v) is 3.00. The number of nitrogens with two attached hydrogens (primary N) is 1. The zero-order chi connectivity index (χ0) is 13.8. The van der Waals surface area contributed by atoms with E-state index in [1.54, 1.807) is 7.11 Å². The molecule has 0 spiro atoms. The Labute approximate surface area is 122 Å². The number of carbonyl (C=O) groups excluding carboxylic acids is 1. The number of methoxy groups -OCH3 is 1. The van der Waals surface area contributed by atoms with E-state index in [0.29, 0.717) is 6.54 Å². The third-order valence-corrected chi connectivity index (χ3v) is 4.05. The highest BCUT2D eigenvalue weighted by Crippen LogP contribution is 2.27. The molecule has 1 atom stereocenters. The van der Waals surface area contributed by atoms with E-state index in [4.69, 9.17) is 10.5 Å². The zero-order valence-corrected chi connectivity index (χ0v) is 12.6. The molecule has 0 aliphatic carbocycles. The van der Waals surface area contributed by atoms with Crippen LogP contribution >= 0.6 is 15.9 Å². The van der Waals surface area contributed by atoms with E-state index >= 15 is 0 Å². The van der Waals surface area contributed by atoms with E-state index in [9.17, 15) is 4.79 Å². The molecule has 0 saturated carbocycles. The van der Waals surface area contributed by atoms with Crippen molar-refractivity contribution < 1.29 is 9.53 Å². The van der Waals surface area contributed by atoms with Crippen molar-refractivity contribution in [3.63, 3.8) is 0 Å². The normalized spacial score (nSPS) is 20.2. The SMILES string of the molecule is COc1ccc(Br)cc1CN1CCCCC1C(N)=O. The van der Waals surface area contributed by atoms with Gasteiger partial charge in [-0.25, -0.2) is 0 Å². The van der Waals surface area contributed by atoms with E-state index in [2.05, 4.69) is 20.8 Å². The molecule has 5 heteroatoms. The van der Waals surface area contributed by atoms with Crippen LogP contribution in [0, 0.1) is 0 Å². The molecule has 0 radical (unpaired) electrons. The maximum Gasteiger partial charge on any atom is 0.234 e. The van der Waals surface area contributed by atoms with Gasteiger partial charge in [0.15, 0.2) is 0 Å². The molecular formula is C14H19BrN2O2. The van der Waals surface area contributed by atoms with Gasteiger partial charge >= 0.3 is 0 Å². The predicted octanol–water partition coefficient (Wildman–Crippen LogP) is 2.30. The average molecular weight is 327 g/mol. The Kier molecular flexibility index (Phi) is 4.82. The third-order valence-electron chi connectivity index (χ3n) is 3.56. The number of primary amides is 1. The van der Waals surface area contributed by atoms with Crippen LogP contribution in [0.1, 0.15) is 24.8 Å². The molecule has 1 fully saturated rings. The number of ether oxygens (including phenoxy) is 1. The monoisotopic (exact) mass is 326 g/mol. The number of piperidine rings is 1. The molecular weight excluding hydrogens is 308 g/mol. The van der Waals surface area contributed by atoms with Crippen LogP contribution in [0.5, 0.6) is 5.75 Å². The van der Waals surface area contributed by atoms with Crippen molar-refractivity contribution in [1.29, 1.82) is 0 Å². The number of halogens is 1. The fraction of sp³-hybridized carbons (Fsp3) is 0.500. The van der Waals surface area contributed by atoms with Gasteiger partial charge in [-0.05, 0) is 37.6 Å². The van der Waals surface area contributed by atoms with Gasteiger partial charge in [-0.2, -0.15) is 0 Å². The van der Waals surface area contributed by atoms with Crippen molar-refractivity contribution in [3.05, 3.63) is 28.2 Å². The summed E-state index contributed by atoms with van der Waals surface area (Å²) in [5.41, 5.74) is 6.56. The minimum absolute atomic E-state index is 0.155. The first kappa shape index (κ1) is 14.3. The third kappa shape index (κ3) is 3.48. The van der Waals surface area contributed by atoms with Crippen LogP contribution in [-0.2, 0) is 11.3 Å². The molecule has 1 unspecified atom stereocenters. The maximum atomic E-state index is 11.5. The lowest BCUT2D eigenvalue weighted by molar-refractivity contribution is -0.124. The number of hydrogen-bond acceptors (Lipinski definition) is 3. The second-order valence-electron chi connectivity index (χ2n) is 4.84. The number of rotatable bonds is 4. The molecule has 0 bridgehead atoms. The molecule has 2 rings (SSSR count). The van der Waals surface area contributed by atoms with Gasteiger partial charge in [-0.15, -0.1) is 0 Å². The molecule has 104 valence electrons. The Balaban J connectivity index is 2.18. The first-order valence-corrected chi connectivity index (χ1v) is 7.27. The predicted molar refractivity (Wildman–Crippen MR) is 77.9 cm³/mol. The summed E-state index contributed by atoms with van der Waals surface area (Å²) in [4.78, 5) is 13.7. The van der Waals surface area contributed by atoms with E-state index in [0.717, 1.165) is 41.6 Å². The average Bonchev–Trinajstić information content (AvgIpc) is 2.39. The second-order valence-corrected chi connectivity index (χ2v) is 5.76. The minimum atomic E-state index is -0.228. The number of carbonyl (C=O) groups is 1. The summed E-state index contributed by atoms with van der Waals surface area (Å²) in [6.45, 7) is 1.60. The van der Waals surface area contributed by atoms with Gasteiger partial charge in [-0.3, -0.25) is 9.69 Å². The molecule has 19 heavy (non-hydrogen) atoms. The van der Waals surface area contributed by atoms with E-state index < -0.39 is 0 Å². The van der Waals surface area contributed by atoms with Gasteiger partial charge in [0.2, 0.25) is 5.91 Å². The summed E-state index contributed by atoms with van der Waals surface area (Å²) in [6.07, 6.45) is 3.03. The molecule has 0 aromatic heterocycles. The topological polar surface area (TPSA) is 55.6 Å². The summed E-state index contributed by atoms with van der Waals surface area (Å²) in [5.74, 6) is 0.616. The molecule has 1 aliphatic rings. The van der Waals surface area contributed by atoms with Crippen LogP contribution in [-0.4, -0.2) is 30.5 Å². The largest absolute Gasteiger partial charge is 0.496 e. The smallest absolute Gasteiger partial charge is 0.234 e. The lowest BCUT2D eigenvalue weighted by Gasteiger charge is -2.33. The molecule has 1 saturated heterocycles. The van der Waals surface area contributed by atoms with Crippen molar-refractivity contribution in [2.75, 3.05) is 13.7 Å². The van der Waals surface area contributed by atoms with Gasteiger partial charge in [0.25, 0.3) is 0 Å². The first-order chi connectivity index (χ1) is 9.11. The molecule has 1 aliphatic heterocycles.